The molecule has 3 heteroatoms. The summed E-state index contributed by atoms with van der Waals surface area (Å²) in [7, 11) is 6.30. The van der Waals surface area contributed by atoms with Crippen LogP contribution in [0.2, 0.25) is 0 Å². The second kappa shape index (κ2) is 33.0. The van der Waals surface area contributed by atoms with Crippen LogP contribution in [0.15, 0.2) is 12.2 Å². The highest BCUT2D eigenvalue weighted by atomic mass is 14.8. The van der Waals surface area contributed by atoms with Crippen LogP contribution in [-0.4, -0.2) is 40.8 Å². The lowest BCUT2D eigenvalue weighted by molar-refractivity contribution is -0.0136. The molecule has 0 bridgehead atoms. The summed E-state index contributed by atoms with van der Waals surface area (Å²) in [5, 5.41) is 10.1. The molecule has 0 aromatic carbocycles. The van der Waals surface area contributed by atoms with Crippen LogP contribution in [0.1, 0.15) is 213 Å². The fraction of sp³-hybridized carbons (Fsp3) is 0.958. The van der Waals surface area contributed by atoms with Crippen LogP contribution in [0.25, 0.3) is 0 Å². The first kappa shape index (κ1) is 46.8. The zero-order chi connectivity index (χ0) is 36.6. The molecule has 3 nitrogen and oxygen atoms in total. The van der Waals surface area contributed by atoms with E-state index in [4.69, 9.17) is 0 Å². The number of fused-ring (bicyclic) bond motifs is 1. The van der Waals surface area contributed by atoms with Gasteiger partial charge in [0, 0.05) is 0 Å². The van der Waals surface area contributed by atoms with Crippen molar-refractivity contribution >= 4 is 0 Å². The number of hydrogen-bond acceptors (Lipinski definition) is 3. The van der Waals surface area contributed by atoms with E-state index in [2.05, 4.69) is 63.1 Å². The van der Waals surface area contributed by atoms with E-state index in [0.29, 0.717) is 0 Å². The molecular formula is C48H95N3. The Kier molecular flexibility index (Phi) is 30.3. The van der Waals surface area contributed by atoms with Gasteiger partial charge in [-0.1, -0.05) is 180 Å². The minimum absolute atomic E-state index is 0.842. The summed E-state index contributed by atoms with van der Waals surface area (Å²) >= 11 is 0. The van der Waals surface area contributed by atoms with Gasteiger partial charge in [0.15, 0.2) is 0 Å². The van der Waals surface area contributed by atoms with Gasteiger partial charge in [0.05, 0.1) is 0 Å². The van der Waals surface area contributed by atoms with Crippen LogP contribution in [0.5, 0.6) is 0 Å². The van der Waals surface area contributed by atoms with Crippen LogP contribution in [0, 0.1) is 41.4 Å². The van der Waals surface area contributed by atoms with Crippen molar-refractivity contribution in [1.82, 2.24) is 16.0 Å². The maximum Gasteiger partial charge on any atom is -0.00519 e. The molecule has 0 amide bonds. The molecule has 302 valence electrons. The topological polar surface area (TPSA) is 36.1 Å². The molecule has 0 heterocycles. The standard InChI is InChI=1S/C48H95N3/c1-6-8-10-16-26-34-45-43(32-23-11-9-7-2)41-44(33-25-17-12-13-20-28-38-49-3)48-46(35-27-19-15-22-30-40-51-5)42(36-37-47(45)48)31-24-18-14-21-29-39-50-4/h36-37,42-51H,6-35,38-41H2,1-5H3. The van der Waals surface area contributed by atoms with Crippen molar-refractivity contribution in [2.45, 2.75) is 213 Å². The maximum absolute atomic E-state index is 3.36. The van der Waals surface area contributed by atoms with E-state index in [1.165, 1.54) is 212 Å². The SMILES string of the molecule is CCCCCCCC1C(CCCCCC)CC(CCCCCCCCNC)C2C1C=CC(CCCCCCCNC)C2CCCCCCCNC. The molecule has 2 aliphatic carbocycles. The molecule has 0 aromatic heterocycles. The predicted molar refractivity (Wildman–Crippen MR) is 230 cm³/mol. The smallest absolute Gasteiger partial charge is 0.00519 e. The molecule has 0 saturated heterocycles. The van der Waals surface area contributed by atoms with Gasteiger partial charge < -0.3 is 16.0 Å². The van der Waals surface area contributed by atoms with Crippen LogP contribution in [-0.2, 0) is 0 Å². The number of rotatable bonds is 36. The van der Waals surface area contributed by atoms with Crippen LogP contribution < -0.4 is 16.0 Å². The van der Waals surface area contributed by atoms with E-state index < -0.39 is 0 Å². The van der Waals surface area contributed by atoms with Crippen molar-refractivity contribution in [3.63, 3.8) is 0 Å². The fourth-order valence-corrected chi connectivity index (χ4v) is 10.7. The Balaban J connectivity index is 2.24. The average Bonchev–Trinajstić information content (AvgIpc) is 3.14. The minimum Gasteiger partial charge on any atom is -0.320 e. The highest BCUT2D eigenvalue weighted by molar-refractivity contribution is 5.11. The molecule has 1 saturated carbocycles. The van der Waals surface area contributed by atoms with Gasteiger partial charge >= 0.3 is 0 Å². The first-order valence-electron chi connectivity index (χ1n) is 23.8. The molecule has 51 heavy (non-hydrogen) atoms. The Morgan fingerprint density at radius 2 is 0.784 bits per heavy atom. The van der Waals surface area contributed by atoms with Gasteiger partial charge in [-0.05, 0) is 127 Å². The van der Waals surface area contributed by atoms with E-state index in [9.17, 15) is 0 Å². The third-order valence-corrected chi connectivity index (χ3v) is 13.6. The third-order valence-electron chi connectivity index (χ3n) is 13.6. The van der Waals surface area contributed by atoms with Crippen molar-refractivity contribution in [3.05, 3.63) is 12.2 Å². The summed E-state index contributed by atoms with van der Waals surface area (Å²) in [5.74, 6) is 6.52. The Hall–Kier alpha value is -0.380. The second-order valence-electron chi connectivity index (χ2n) is 17.7. The lowest BCUT2D eigenvalue weighted by Gasteiger charge is -2.53. The molecule has 2 rings (SSSR count). The number of allylic oxidation sites excluding steroid dienone is 2. The summed E-state index contributed by atoms with van der Waals surface area (Å²) in [5.41, 5.74) is 0. The Bertz CT molecular complexity index is 766. The molecule has 0 radical (unpaired) electrons. The van der Waals surface area contributed by atoms with E-state index >= 15 is 0 Å². The van der Waals surface area contributed by atoms with Crippen LogP contribution >= 0.6 is 0 Å². The summed E-state index contributed by atoms with van der Waals surface area (Å²) in [6.07, 6.45) is 50.6. The second-order valence-corrected chi connectivity index (χ2v) is 17.7. The highest BCUT2D eigenvalue weighted by Crippen LogP contribution is 2.56. The predicted octanol–water partition coefficient (Wildman–Crippen LogP) is 13.7. The summed E-state index contributed by atoms with van der Waals surface area (Å²) < 4.78 is 0. The lowest BCUT2D eigenvalue weighted by Crippen LogP contribution is -2.46. The number of unbranched alkanes of at least 4 members (excludes halogenated alkanes) is 20. The van der Waals surface area contributed by atoms with Crippen LogP contribution in [0.4, 0.5) is 0 Å². The van der Waals surface area contributed by atoms with E-state index in [0.717, 1.165) is 41.4 Å². The molecule has 3 N–H and O–H groups in total. The molecule has 7 atom stereocenters. The first-order chi connectivity index (χ1) is 25.2. The quantitative estimate of drug-likeness (QED) is 0.0447. The number of hydrogen-bond donors (Lipinski definition) is 3. The Labute approximate surface area is 322 Å². The largest absolute Gasteiger partial charge is 0.320 e. The molecule has 0 aliphatic heterocycles. The van der Waals surface area contributed by atoms with E-state index in [1.54, 1.807) is 6.42 Å². The Morgan fingerprint density at radius 1 is 0.392 bits per heavy atom. The summed E-state index contributed by atoms with van der Waals surface area (Å²) in [6.45, 7) is 8.31. The maximum atomic E-state index is 3.36. The van der Waals surface area contributed by atoms with Gasteiger partial charge in [0.2, 0.25) is 0 Å². The minimum atomic E-state index is 0.842. The third kappa shape index (κ3) is 20.8. The normalized spacial score (nSPS) is 24.7. The van der Waals surface area contributed by atoms with Gasteiger partial charge in [-0.2, -0.15) is 0 Å². The molecule has 1 fully saturated rings. The van der Waals surface area contributed by atoms with Crippen molar-refractivity contribution in [1.29, 1.82) is 0 Å². The lowest BCUT2D eigenvalue weighted by atomic mass is 9.51. The average molecular weight is 714 g/mol. The summed E-state index contributed by atoms with van der Waals surface area (Å²) in [4.78, 5) is 0. The van der Waals surface area contributed by atoms with Crippen molar-refractivity contribution in [3.8, 4) is 0 Å². The first-order valence-corrected chi connectivity index (χ1v) is 23.8. The van der Waals surface area contributed by atoms with Gasteiger partial charge in [-0.3, -0.25) is 0 Å². The zero-order valence-electron chi connectivity index (χ0n) is 35.7. The molecule has 0 spiro atoms. The summed E-state index contributed by atoms with van der Waals surface area (Å²) in [6, 6.07) is 0. The molecule has 2 aliphatic rings. The van der Waals surface area contributed by atoms with Gasteiger partial charge in [-0.15, -0.1) is 0 Å². The Morgan fingerprint density at radius 3 is 1.29 bits per heavy atom. The van der Waals surface area contributed by atoms with Gasteiger partial charge in [0.1, 0.15) is 0 Å². The van der Waals surface area contributed by atoms with Gasteiger partial charge in [-0.25, -0.2) is 0 Å². The van der Waals surface area contributed by atoms with Crippen LogP contribution in [0.3, 0.4) is 0 Å². The van der Waals surface area contributed by atoms with Crippen molar-refractivity contribution in [2.24, 2.45) is 41.4 Å². The fourth-order valence-electron chi connectivity index (χ4n) is 10.7. The highest BCUT2D eigenvalue weighted by Gasteiger charge is 2.48. The van der Waals surface area contributed by atoms with E-state index in [1.807, 2.05) is 0 Å². The van der Waals surface area contributed by atoms with E-state index in [-0.39, 0.29) is 0 Å². The molecule has 7 unspecified atom stereocenters. The number of nitrogens with one attached hydrogen (secondary N) is 3. The molecule has 0 aromatic rings. The molecular weight excluding hydrogens is 619 g/mol. The van der Waals surface area contributed by atoms with Gasteiger partial charge in [0.25, 0.3) is 0 Å². The van der Waals surface area contributed by atoms with Crippen molar-refractivity contribution in [2.75, 3.05) is 40.8 Å². The zero-order valence-corrected chi connectivity index (χ0v) is 35.7. The van der Waals surface area contributed by atoms with Crippen molar-refractivity contribution < 1.29 is 0 Å². The monoisotopic (exact) mass is 714 g/mol.